The summed E-state index contributed by atoms with van der Waals surface area (Å²) in [7, 11) is 0. The van der Waals surface area contributed by atoms with E-state index in [2.05, 4.69) is 34.3 Å². The molecule has 0 radical (unpaired) electrons. The number of carbonyl (C=O) groups excluding carboxylic acids is 1. The molecule has 0 amide bonds. The minimum Gasteiger partial charge on any atom is -0.460 e. The van der Waals surface area contributed by atoms with Gasteiger partial charge in [-0.3, -0.25) is 0 Å². The number of ether oxygens (including phenoxy) is 1. The standard InChI is InChI=1S/C23H38O4/c1-7-21(5)12-17(27-18(25)13-24)22(6)15(3)9-11-23(16(4)20(21)26)10-8-14(2)19(22)23/h7,14-17,19-20,24,26H,1,8-13H2,2-6H3/t14-,15?,16-,17+,19?,20-,21+,22-,23+/m0/s1. The van der Waals surface area contributed by atoms with Gasteiger partial charge in [0.1, 0.15) is 12.7 Å². The molecule has 0 saturated heterocycles. The minimum absolute atomic E-state index is 0.0780. The van der Waals surface area contributed by atoms with Gasteiger partial charge in [-0.1, -0.05) is 40.7 Å². The first-order valence-corrected chi connectivity index (χ1v) is 10.7. The topological polar surface area (TPSA) is 66.8 Å². The van der Waals surface area contributed by atoms with Crippen molar-refractivity contribution < 1.29 is 19.7 Å². The van der Waals surface area contributed by atoms with Crippen LogP contribution in [-0.2, 0) is 9.53 Å². The van der Waals surface area contributed by atoms with Crippen molar-refractivity contribution >= 4 is 5.97 Å². The maximum atomic E-state index is 12.1. The van der Waals surface area contributed by atoms with Crippen LogP contribution in [0, 0.1) is 39.9 Å². The molecule has 3 saturated carbocycles. The monoisotopic (exact) mass is 378 g/mol. The van der Waals surface area contributed by atoms with Crippen LogP contribution in [0.5, 0.6) is 0 Å². The first-order chi connectivity index (χ1) is 12.6. The van der Waals surface area contributed by atoms with E-state index in [-0.39, 0.29) is 22.9 Å². The van der Waals surface area contributed by atoms with Crippen molar-refractivity contribution in [3.63, 3.8) is 0 Å². The SMILES string of the molecule is C=C[C@]1(C)C[C@@H](OC(=O)CO)[C@]2(C)C(C)CC[C@]3(CC[C@H](C)C32)[C@@H](C)[C@@H]1O. The summed E-state index contributed by atoms with van der Waals surface area (Å²) in [6, 6.07) is 0. The highest BCUT2D eigenvalue weighted by molar-refractivity contribution is 5.70. The molecule has 3 aliphatic rings. The van der Waals surface area contributed by atoms with E-state index in [4.69, 9.17) is 4.74 Å². The van der Waals surface area contributed by atoms with Gasteiger partial charge in [-0.05, 0) is 61.2 Å². The summed E-state index contributed by atoms with van der Waals surface area (Å²) in [4.78, 5) is 12.1. The van der Waals surface area contributed by atoms with Gasteiger partial charge in [-0.15, -0.1) is 6.58 Å². The summed E-state index contributed by atoms with van der Waals surface area (Å²) in [6.07, 6.45) is 6.07. The van der Waals surface area contributed by atoms with Crippen molar-refractivity contribution in [2.45, 2.75) is 78.9 Å². The lowest BCUT2D eigenvalue weighted by atomic mass is 9.43. The Balaban J connectivity index is 2.19. The first-order valence-electron chi connectivity index (χ1n) is 10.7. The van der Waals surface area contributed by atoms with Gasteiger partial charge in [-0.25, -0.2) is 4.79 Å². The predicted octanol–water partition coefficient (Wildman–Crippen LogP) is 3.95. The predicted molar refractivity (Wildman–Crippen MR) is 106 cm³/mol. The second-order valence-corrected chi connectivity index (χ2v) is 10.3. The van der Waals surface area contributed by atoms with E-state index in [1.165, 1.54) is 0 Å². The maximum absolute atomic E-state index is 12.1. The van der Waals surface area contributed by atoms with Gasteiger partial charge in [0.25, 0.3) is 0 Å². The molecule has 154 valence electrons. The first kappa shape index (κ1) is 20.9. The van der Waals surface area contributed by atoms with Crippen molar-refractivity contribution in [2.24, 2.45) is 39.9 Å². The van der Waals surface area contributed by atoms with Crippen LogP contribution in [0.2, 0.25) is 0 Å². The Labute approximate surface area is 164 Å². The van der Waals surface area contributed by atoms with E-state index in [0.717, 1.165) is 25.7 Å². The lowest BCUT2D eigenvalue weighted by Gasteiger charge is -2.63. The Morgan fingerprint density at radius 1 is 1.22 bits per heavy atom. The molecule has 27 heavy (non-hydrogen) atoms. The Hall–Kier alpha value is -0.870. The fraction of sp³-hybridized carbons (Fsp3) is 0.870. The van der Waals surface area contributed by atoms with E-state index < -0.39 is 24.1 Å². The third kappa shape index (κ3) is 2.81. The molecule has 2 bridgehead atoms. The number of rotatable bonds is 3. The van der Waals surface area contributed by atoms with Crippen LogP contribution in [-0.4, -0.2) is 35.0 Å². The van der Waals surface area contributed by atoms with Crippen LogP contribution in [0.1, 0.15) is 66.7 Å². The summed E-state index contributed by atoms with van der Waals surface area (Å²) in [5, 5.41) is 20.8. The van der Waals surface area contributed by atoms with Gasteiger partial charge >= 0.3 is 5.97 Å². The smallest absolute Gasteiger partial charge is 0.332 e. The van der Waals surface area contributed by atoms with Crippen LogP contribution >= 0.6 is 0 Å². The molecule has 0 aliphatic heterocycles. The zero-order valence-corrected chi connectivity index (χ0v) is 17.7. The van der Waals surface area contributed by atoms with Gasteiger partial charge in [-0.2, -0.15) is 0 Å². The normalized spacial score (nSPS) is 52.4. The van der Waals surface area contributed by atoms with Crippen LogP contribution in [0.4, 0.5) is 0 Å². The number of hydrogen-bond acceptors (Lipinski definition) is 4. The molecular formula is C23H38O4. The van der Waals surface area contributed by atoms with E-state index in [1.807, 2.05) is 13.0 Å². The average Bonchev–Trinajstić information content (AvgIpc) is 3.00. The highest BCUT2D eigenvalue weighted by Gasteiger charge is 2.67. The second kappa shape index (κ2) is 6.88. The quantitative estimate of drug-likeness (QED) is 0.576. The summed E-state index contributed by atoms with van der Waals surface area (Å²) in [6.45, 7) is 14.6. The molecule has 0 aromatic carbocycles. The molecule has 9 atom stereocenters. The molecule has 0 aromatic rings. The van der Waals surface area contributed by atoms with Crippen molar-refractivity contribution in [2.75, 3.05) is 6.61 Å². The number of aliphatic hydroxyl groups excluding tert-OH is 2. The maximum Gasteiger partial charge on any atom is 0.332 e. The molecule has 3 aliphatic carbocycles. The number of esters is 1. The average molecular weight is 379 g/mol. The Morgan fingerprint density at radius 3 is 2.44 bits per heavy atom. The molecule has 2 N–H and O–H groups in total. The number of aliphatic hydroxyl groups is 2. The summed E-state index contributed by atoms with van der Waals surface area (Å²) < 4.78 is 5.92. The van der Waals surface area contributed by atoms with Crippen molar-refractivity contribution in [1.82, 2.24) is 0 Å². The van der Waals surface area contributed by atoms with Gasteiger partial charge in [0.2, 0.25) is 0 Å². The highest BCUT2D eigenvalue weighted by Crippen LogP contribution is 2.70. The van der Waals surface area contributed by atoms with Gasteiger partial charge in [0.05, 0.1) is 6.10 Å². The van der Waals surface area contributed by atoms with E-state index in [0.29, 0.717) is 24.2 Å². The molecule has 0 spiro atoms. The molecule has 3 rings (SSSR count). The van der Waals surface area contributed by atoms with Gasteiger partial charge < -0.3 is 14.9 Å². The largest absolute Gasteiger partial charge is 0.460 e. The summed E-state index contributed by atoms with van der Waals surface area (Å²) in [5.41, 5.74) is -0.617. The number of carbonyl (C=O) groups is 1. The molecule has 0 aromatic heterocycles. The van der Waals surface area contributed by atoms with Crippen LogP contribution in [0.3, 0.4) is 0 Å². The lowest BCUT2D eigenvalue weighted by molar-refractivity contribution is -0.213. The van der Waals surface area contributed by atoms with Gasteiger partial charge in [0.15, 0.2) is 0 Å². The van der Waals surface area contributed by atoms with E-state index in [9.17, 15) is 15.0 Å². The van der Waals surface area contributed by atoms with Crippen molar-refractivity contribution in [3.8, 4) is 0 Å². The van der Waals surface area contributed by atoms with Gasteiger partial charge in [0, 0.05) is 10.8 Å². The zero-order valence-electron chi connectivity index (χ0n) is 17.7. The van der Waals surface area contributed by atoms with Crippen molar-refractivity contribution in [3.05, 3.63) is 12.7 Å². The lowest BCUT2D eigenvalue weighted by Crippen LogP contribution is -2.62. The Bertz CT molecular complexity index is 603. The van der Waals surface area contributed by atoms with E-state index >= 15 is 0 Å². The minimum atomic E-state index is -0.601. The molecule has 0 heterocycles. The second-order valence-electron chi connectivity index (χ2n) is 10.3. The van der Waals surface area contributed by atoms with Crippen molar-refractivity contribution in [1.29, 1.82) is 0 Å². The third-order valence-corrected chi connectivity index (χ3v) is 9.27. The van der Waals surface area contributed by atoms with Crippen LogP contribution in [0.25, 0.3) is 0 Å². The molecule has 4 heteroatoms. The molecular weight excluding hydrogens is 340 g/mol. The molecule has 4 nitrogen and oxygen atoms in total. The van der Waals surface area contributed by atoms with E-state index in [1.54, 1.807) is 0 Å². The summed E-state index contributed by atoms with van der Waals surface area (Å²) in [5.74, 6) is 0.978. The third-order valence-electron chi connectivity index (χ3n) is 9.27. The summed E-state index contributed by atoms with van der Waals surface area (Å²) >= 11 is 0. The fourth-order valence-corrected chi connectivity index (χ4v) is 7.45. The molecule has 3 fully saturated rings. The zero-order chi connectivity index (χ0) is 20.2. The highest BCUT2D eigenvalue weighted by atomic mass is 16.6. The Morgan fingerprint density at radius 2 is 1.85 bits per heavy atom. The fourth-order valence-electron chi connectivity index (χ4n) is 7.45. The Kier molecular flexibility index (Phi) is 5.31. The van der Waals surface area contributed by atoms with Crippen LogP contribution in [0.15, 0.2) is 12.7 Å². The molecule has 2 unspecified atom stereocenters. The number of hydrogen-bond donors (Lipinski definition) is 2. The van der Waals surface area contributed by atoms with Crippen LogP contribution < -0.4 is 0 Å².